The van der Waals surface area contributed by atoms with Crippen LogP contribution < -0.4 is 5.32 Å². The van der Waals surface area contributed by atoms with Crippen molar-refractivity contribution >= 4 is 12.0 Å². The van der Waals surface area contributed by atoms with Crippen LogP contribution in [0.4, 0.5) is 4.79 Å². The van der Waals surface area contributed by atoms with E-state index in [4.69, 9.17) is 4.74 Å². The molecule has 0 bridgehead atoms. The van der Waals surface area contributed by atoms with Crippen molar-refractivity contribution in [2.75, 3.05) is 19.6 Å². The smallest absolute Gasteiger partial charge is 0.410 e. The van der Waals surface area contributed by atoms with Gasteiger partial charge < -0.3 is 10.1 Å². The van der Waals surface area contributed by atoms with E-state index in [9.17, 15) is 9.59 Å². The van der Waals surface area contributed by atoms with Gasteiger partial charge in [0, 0.05) is 32.2 Å². The number of nitrogens with zero attached hydrogens (tertiary/aromatic N) is 2. The normalized spacial score (nSPS) is 28.9. The molecule has 1 aliphatic carbocycles. The average molecular weight is 428 g/mol. The molecule has 6 nitrogen and oxygen atoms in total. The Balaban J connectivity index is 1.35. The SMILES string of the molecule is CC(C)(C)OC(=O)N1CCCC[C@H]1C(=O)N[C@H]1CC[C@@H]2CN(Cc3ccccc3)C[C@@H]21. The zero-order chi connectivity index (χ0) is 22.0. The predicted molar refractivity (Wildman–Crippen MR) is 120 cm³/mol. The van der Waals surface area contributed by atoms with Crippen LogP contribution in [-0.2, 0) is 16.1 Å². The largest absolute Gasteiger partial charge is 0.444 e. The summed E-state index contributed by atoms with van der Waals surface area (Å²) >= 11 is 0. The molecule has 2 amide bonds. The van der Waals surface area contributed by atoms with E-state index in [1.165, 1.54) is 12.0 Å². The first kappa shape index (κ1) is 22.1. The van der Waals surface area contributed by atoms with Crippen molar-refractivity contribution < 1.29 is 14.3 Å². The van der Waals surface area contributed by atoms with Gasteiger partial charge in [-0.15, -0.1) is 0 Å². The Bertz CT molecular complexity index is 776. The minimum atomic E-state index is -0.555. The number of carbonyl (C=O) groups is 2. The second-order valence-corrected chi connectivity index (χ2v) is 10.5. The standard InChI is InChI=1S/C25H37N3O3/c1-25(2,3)31-24(30)28-14-8-7-11-22(28)23(29)26-21-13-12-19-16-27(17-20(19)21)15-18-9-5-4-6-10-18/h4-6,9-10,19-22H,7-8,11-17H2,1-3H3,(H,26,29)/t19-,20+,21+,22+/m1/s1. The van der Waals surface area contributed by atoms with E-state index < -0.39 is 11.6 Å². The number of fused-ring (bicyclic) bond motifs is 1. The first-order valence-electron chi connectivity index (χ1n) is 11.9. The molecule has 0 unspecified atom stereocenters. The van der Waals surface area contributed by atoms with E-state index in [2.05, 4.69) is 40.5 Å². The number of carbonyl (C=O) groups excluding carboxylic acids is 2. The zero-order valence-corrected chi connectivity index (χ0v) is 19.2. The van der Waals surface area contributed by atoms with Gasteiger partial charge in [-0.1, -0.05) is 30.3 Å². The number of likely N-dealkylation sites (tertiary alicyclic amines) is 2. The van der Waals surface area contributed by atoms with Crippen molar-refractivity contribution in [2.45, 2.75) is 77.1 Å². The van der Waals surface area contributed by atoms with Gasteiger partial charge in [0.2, 0.25) is 5.91 Å². The molecular weight excluding hydrogens is 390 g/mol. The van der Waals surface area contributed by atoms with Crippen molar-refractivity contribution in [3.63, 3.8) is 0 Å². The van der Waals surface area contributed by atoms with Crippen LogP contribution in [0.15, 0.2) is 30.3 Å². The Kier molecular flexibility index (Phi) is 6.56. The van der Waals surface area contributed by atoms with E-state index >= 15 is 0 Å². The number of ether oxygens (including phenoxy) is 1. The lowest BCUT2D eigenvalue weighted by atomic mass is 9.96. The highest BCUT2D eigenvalue weighted by Crippen LogP contribution is 2.39. The molecule has 3 aliphatic rings. The van der Waals surface area contributed by atoms with Gasteiger partial charge in [0.05, 0.1) is 0 Å². The number of nitrogens with one attached hydrogen (secondary N) is 1. The monoisotopic (exact) mass is 427 g/mol. The Labute approximate surface area is 186 Å². The predicted octanol–water partition coefficient (Wildman–Crippen LogP) is 3.80. The molecule has 1 N–H and O–H groups in total. The molecule has 1 aromatic carbocycles. The third-order valence-electron chi connectivity index (χ3n) is 6.94. The number of hydrogen-bond acceptors (Lipinski definition) is 4. The van der Waals surface area contributed by atoms with Crippen molar-refractivity contribution in [1.82, 2.24) is 15.1 Å². The molecule has 0 aromatic heterocycles. The number of piperidine rings is 1. The van der Waals surface area contributed by atoms with Crippen molar-refractivity contribution in [3.05, 3.63) is 35.9 Å². The van der Waals surface area contributed by atoms with E-state index in [0.717, 1.165) is 38.9 Å². The first-order chi connectivity index (χ1) is 14.8. The molecule has 170 valence electrons. The highest BCUT2D eigenvalue weighted by atomic mass is 16.6. The molecular formula is C25H37N3O3. The number of hydrogen-bond donors (Lipinski definition) is 1. The van der Waals surface area contributed by atoms with Crippen molar-refractivity contribution in [1.29, 1.82) is 0 Å². The molecule has 1 saturated carbocycles. The summed E-state index contributed by atoms with van der Waals surface area (Å²) in [5, 5.41) is 3.34. The summed E-state index contributed by atoms with van der Waals surface area (Å²) in [5.41, 5.74) is 0.790. The summed E-state index contributed by atoms with van der Waals surface area (Å²) in [7, 11) is 0. The maximum absolute atomic E-state index is 13.2. The van der Waals surface area contributed by atoms with Crippen molar-refractivity contribution in [2.24, 2.45) is 11.8 Å². The van der Waals surface area contributed by atoms with Gasteiger partial charge in [0.1, 0.15) is 11.6 Å². The van der Waals surface area contributed by atoms with Crippen LogP contribution in [0.25, 0.3) is 0 Å². The second-order valence-electron chi connectivity index (χ2n) is 10.5. The lowest BCUT2D eigenvalue weighted by Gasteiger charge is -2.36. The minimum absolute atomic E-state index is 0.00211. The molecule has 2 aliphatic heterocycles. The average Bonchev–Trinajstić information content (AvgIpc) is 3.28. The van der Waals surface area contributed by atoms with E-state index in [1.54, 1.807) is 4.90 Å². The third kappa shape index (κ3) is 5.40. The van der Waals surface area contributed by atoms with Crippen LogP contribution in [0.2, 0.25) is 0 Å². The van der Waals surface area contributed by atoms with Gasteiger partial charge in [-0.05, 0) is 70.3 Å². The van der Waals surface area contributed by atoms with Crippen LogP contribution >= 0.6 is 0 Å². The molecule has 2 saturated heterocycles. The quantitative estimate of drug-likeness (QED) is 0.794. The lowest BCUT2D eigenvalue weighted by Crippen LogP contribution is -2.55. The highest BCUT2D eigenvalue weighted by Gasteiger charge is 2.44. The summed E-state index contributed by atoms with van der Waals surface area (Å²) in [4.78, 5) is 30.1. The summed E-state index contributed by atoms with van der Waals surface area (Å²) in [6.45, 7) is 9.31. The van der Waals surface area contributed by atoms with Crippen LogP contribution in [-0.4, -0.2) is 59.1 Å². The maximum atomic E-state index is 13.2. The molecule has 0 radical (unpaired) electrons. The number of amides is 2. The molecule has 3 fully saturated rings. The fourth-order valence-corrected chi connectivity index (χ4v) is 5.53. The van der Waals surface area contributed by atoms with Gasteiger partial charge in [0.25, 0.3) is 0 Å². The van der Waals surface area contributed by atoms with Gasteiger partial charge in [0.15, 0.2) is 0 Å². The molecule has 31 heavy (non-hydrogen) atoms. The van der Waals surface area contributed by atoms with Gasteiger partial charge in [-0.2, -0.15) is 0 Å². The fraction of sp³-hybridized carbons (Fsp3) is 0.680. The summed E-state index contributed by atoms with van der Waals surface area (Å²) < 4.78 is 5.57. The maximum Gasteiger partial charge on any atom is 0.410 e. The second kappa shape index (κ2) is 9.19. The van der Waals surface area contributed by atoms with Crippen LogP contribution in [0.5, 0.6) is 0 Å². The summed E-state index contributed by atoms with van der Waals surface area (Å²) in [6.07, 6.45) is 4.45. The third-order valence-corrected chi connectivity index (χ3v) is 6.94. The molecule has 0 spiro atoms. The van der Waals surface area contributed by atoms with E-state index in [1.807, 2.05) is 20.8 Å². The zero-order valence-electron chi connectivity index (χ0n) is 19.2. The topological polar surface area (TPSA) is 61.9 Å². The van der Waals surface area contributed by atoms with Gasteiger partial charge >= 0.3 is 6.09 Å². The van der Waals surface area contributed by atoms with Gasteiger partial charge in [-0.25, -0.2) is 4.79 Å². The molecule has 2 heterocycles. The molecule has 4 atom stereocenters. The molecule has 6 heteroatoms. The molecule has 4 rings (SSSR count). The van der Waals surface area contributed by atoms with Gasteiger partial charge in [-0.3, -0.25) is 14.6 Å². The Morgan fingerprint density at radius 2 is 1.84 bits per heavy atom. The Morgan fingerprint density at radius 3 is 2.58 bits per heavy atom. The van der Waals surface area contributed by atoms with Crippen LogP contribution in [0.1, 0.15) is 58.4 Å². The highest BCUT2D eigenvalue weighted by molar-refractivity contribution is 5.86. The Hall–Kier alpha value is -2.08. The number of rotatable bonds is 4. The lowest BCUT2D eigenvalue weighted by molar-refractivity contribution is -0.128. The summed E-state index contributed by atoms with van der Waals surface area (Å²) in [6, 6.07) is 10.4. The number of benzene rings is 1. The summed E-state index contributed by atoms with van der Waals surface area (Å²) in [5.74, 6) is 1.16. The van der Waals surface area contributed by atoms with E-state index in [0.29, 0.717) is 24.8 Å². The van der Waals surface area contributed by atoms with Crippen LogP contribution in [0.3, 0.4) is 0 Å². The fourth-order valence-electron chi connectivity index (χ4n) is 5.53. The van der Waals surface area contributed by atoms with Crippen molar-refractivity contribution in [3.8, 4) is 0 Å². The van der Waals surface area contributed by atoms with E-state index in [-0.39, 0.29) is 18.0 Å². The Morgan fingerprint density at radius 1 is 1.06 bits per heavy atom. The molecule has 1 aromatic rings. The minimum Gasteiger partial charge on any atom is -0.444 e. The first-order valence-corrected chi connectivity index (χ1v) is 11.9. The van der Waals surface area contributed by atoms with Crippen LogP contribution in [0, 0.1) is 11.8 Å².